The number of morpholine rings is 1. The summed E-state index contributed by atoms with van der Waals surface area (Å²) in [4.78, 5) is 35.8. The molecule has 0 radical (unpaired) electrons. The van der Waals surface area contributed by atoms with E-state index in [-0.39, 0.29) is 25.1 Å². The molecule has 3 amide bonds. The van der Waals surface area contributed by atoms with Crippen molar-refractivity contribution in [1.29, 1.82) is 0 Å². The van der Waals surface area contributed by atoms with Crippen molar-refractivity contribution in [3.8, 4) is 0 Å². The quantitative estimate of drug-likeness (QED) is 0.639. The van der Waals surface area contributed by atoms with Crippen molar-refractivity contribution >= 4 is 17.9 Å². The smallest absolute Gasteiger partial charge is 0.334 e. The number of carbonyl (C=O) groups is 3. The summed E-state index contributed by atoms with van der Waals surface area (Å²) in [7, 11) is 0. The van der Waals surface area contributed by atoms with Gasteiger partial charge in [0.15, 0.2) is 6.10 Å². The number of nitrogens with zero attached hydrogens (tertiary/aromatic N) is 1. The molecule has 1 rings (SSSR count). The Bertz CT molecular complexity index is 385. The number of rotatable bonds is 4. The molecule has 1 fully saturated rings. The van der Waals surface area contributed by atoms with E-state index in [1.54, 1.807) is 6.92 Å². The number of carboxylic acid groups (broad SMARTS) is 1. The number of nitrogens with one attached hydrogen (secondary N) is 2. The molecule has 0 aromatic rings. The van der Waals surface area contributed by atoms with E-state index < -0.39 is 24.1 Å². The van der Waals surface area contributed by atoms with Crippen LogP contribution in [-0.2, 0) is 14.3 Å². The van der Waals surface area contributed by atoms with Gasteiger partial charge in [-0.25, -0.2) is 9.59 Å². The zero-order valence-electron chi connectivity index (χ0n) is 11.9. The van der Waals surface area contributed by atoms with Gasteiger partial charge in [-0.3, -0.25) is 4.79 Å². The van der Waals surface area contributed by atoms with Crippen LogP contribution in [0.4, 0.5) is 4.79 Å². The van der Waals surface area contributed by atoms with Gasteiger partial charge < -0.3 is 25.4 Å². The van der Waals surface area contributed by atoms with Crippen LogP contribution < -0.4 is 10.6 Å². The van der Waals surface area contributed by atoms with Crippen LogP contribution in [0, 0.1) is 0 Å². The maximum atomic E-state index is 12.0. The first kappa shape index (κ1) is 16.2. The van der Waals surface area contributed by atoms with Crippen molar-refractivity contribution < 1.29 is 24.2 Å². The van der Waals surface area contributed by atoms with Crippen molar-refractivity contribution in [3.63, 3.8) is 0 Å². The number of ether oxygens (including phenoxy) is 1. The third kappa shape index (κ3) is 4.69. The van der Waals surface area contributed by atoms with Gasteiger partial charge in [0, 0.05) is 12.6 Å². The first-order chi connectivity index (χ1) is 9.31. The third-order valence-electron chi connectivity index (χ3n) is 2.79. The lowest BCUT2D eigenvalue weighted by atomic mass is 10.2. The Labute approximate surface area is 117 Å². The largest absolute Gasteiger partial charge is 0.479 e. The summed E-state index contributed by atoms with van der Waals surface area (Å²) < 4.78 is 5.02. The number of amides is 3. The average Bonchev–Trinajstić information content (AvgIpc) is 2.37. The van der Waals surface area contributed by atoms with E-state index in [1.165, 1.54) is 4.90 Å². The molecule has 1 saturated heterocycles. The third-order valence-corrected chi connectivity index (χ3v) is 2.79. The summed E-state index contributed by atoms with van der Waals surface area (Å²) in [6.45, 7) is 5.66. The first-order valence-electron chi connectivity index (χ1n) is 6.51. The Balaban J connectivity index is 2.49. The van der Waals surface area contributed by atoms with Gasteiger partial charge in [0.1, 0.15) is 6.04 Å². The number of urea groups is 1. The summed E-state index contributed by atoms with van der Waals surface area (Å²) in [5.41, 5.74) is 0. The molecule has 114 valence electrons. The molecule has 20 heavy (non-hydrogen) atoms. The molecule has 0 aromatic heterocycles. The fourth-order valence-electron chi connectivity index (χ4n) is 1.73. The highest BCUT2D eigenvalue weighted by Crippen LogP contribution is 2.06. The monoisotopic (exact) mass is 287 g/mol. The van der Waals surface area contributed by atoms with Crippen LogP contribution in [0.3, 0.4) is 0 Å². The molecule has 3 N–H and O–H groups in total. The fraction of sp³-hybridized carbons (Fsp3) is 0.750. The van der Waals surface area contributed by atoms with E-state index in [0.29, 0.717) is 6.54 Å². The zero-order chi connectivity index (χ0) is 15.3. The van der Waals surface area contributed by atoms with Gasteiger partial charge in [-0.15, -0.1) is 0 Å². The molecule has 2 unspecified atom stereocenters. The maximum absolute atomic E-state index is 12.0. The van der Waals surface area contributed by atoms with Crippen LogP contribution in [0.1, 0.15) is 20.8 Å². The Morgan fingerprint density at radius 2 is 1.90 bits per heavy atom. The Kier molecular flexibility index (Phi) is 5.75. The van der Waals surface area contributed by atoms with Gasteiger partial charge in [-0.05, 0) is 20.8 Å². The molecular formula is C12H21N3O5. The number of aliphatic carboxylic acids is 1. The maximum Gasteiger partial charge on any atom is 0.334 e. The van der Waals surface area contributed by atoms with Gasteiger partial charge >= 0.3 is 12.0 Å². The van der Waals surface area contributed by atoms with Crippen LogP contribution in [0.5, 0.6) is 0 Å². The Morgan fingerprint density at radius 1 is 1.25 bits per heavy atom. The van der Waals surface area contributed by atoms with Gasteiger partial charge in [-0.2, -0.15) is 0 Å². The van der Waals surface area contributed by atoms with Gasteiger partial charge in [0.2, 0.25) is 5.91 Å². The molecule has 1 aliphatic rings. The summed E-state index contributed by atoms with van der Waals surface area (Å²) in [6.07, 6.45) is -1.02. The predicted octanol–water partition coefficient (Wildman–Crippen LogP) is -0.605. The lowest BCUT2D eigenvalue weighted by molar-refractivity contribution is -0.154. The van der Waals surface area contributed by atoms with E-state index in [0.717, 1.165) is 0 Å². The van der Waals surface area contributed by atoms with Gasteiger partial charge in [0.05, 0.1) is 13.2 Å². The number of carbonyl (C=O) groups excluding carboxylic acids is 2. The van der Waals surface area contributed by atoms with Crippen molar-refractivity contribution in [1.82, 2.24) is 15.5 Å². The van der Waals surface area contributed by atoms with E-state index in [9.17, 15) is 14.4 Å². The molecule has 8 nitrogen and oxygen atoms in total. The van der Waals surface area contributed by atoms with Crippen LogP contribution in [0.15, 0.2) is 0 Å². The number of hydrogen-bond donors (Lipinski definition) is 3. The number of hydrogen-bond acceptors (Lipinski definition) is 4. The Morgan fingerprint density at radius 3 is 2.45 bits per heavy atom. The minimum atomic E-state index is -1.10. The molecule has 0 spiro atoms. The summed E-state index contributed by atoms with van der Waals surface area (Å²) in [5.74, 6) is -1.38. The van der Waals surface area contributed by atoms with Crippen molar-refractivity contribution in [2.75, 3.05) is 19.7 Å². The molecular weight excluding hydrogens is 266 g/mol. The van der Waals surface area contributed by atoms with Gasteiger partial charge in [0.25, 0.3) is 0 Å². The molecule has 8 heteroatoms. The topological polar surface area (TPSA) is 108 Å². The zero-order valence-corrected chi connectivity index (χ0v) is 11.9. The van der Waals surface area contributed by atoms with E-state index in [2.05, 4.69) is 10.6 Å². The normalized spacial score (nSPS) is 20.4. The second-order valence-electron chi connectivity index (χ2n) is 4.98. The summed E-state index contributed by atoms with van der Waals surface area (Å²) in [5, 5.41) is 14.1. The standard InChI is InChI=1S/C12H21N3O5/c1-7(2)13-10(16)8(3)14-12(19)15-4-5-20-9(6-15)11(17)18/h7-9H,4-6H2,1-3H3,(H,13,16)(H,14,19)(H,17,18). The first-order valence-corrected chi connectivity index (χ1v) is 6.51. The SMILES string of the molecule is CC(C)NC(=O)C(C)NC(=O)N1CCOC(C(=O)O)C1. The highest BCUT2D eigenvalue weighted by Gasteiger charge is 2.30. The molecule has 0 aromatic carbocycles. The highest BCUT2D eigenvalue weighted by atomic mass is 16.5. The lowest BCUT2D eigenvalue weighted by Crippen LogP contribution is -2.55. The lowest BCUT2D eigenvalue weighted by Gasteiger charge is -2.31. The molecule has 2 atom stereocenters. The minimum Gasteiger partial charge on any atom is -0.479 e. The predicted molar refractivity (Wildman–Crippen MR) is 70.2 cm³/mol. The van der Waals surface area contributed by atoms with E-state index >= 15 is 0 Å². The summed E-state index contributed by atoms with van der Waals surface area (Å²) in [6, 6.07) is -1.16. The highest BCUT2D eigenvalue weighted by molar-refractivity contribution is 5.87. The molecule has 1 heterocycles. The fourth-order valence-corrected chi connectivity index (χ4v) is 1.73. The van der Waals surface area contributed by atoms with Crippen LogP contribution >= 0.6 is 0 Å². The molecule has 0 saturated carbocycles. The molecule has 1 aliphatic heterocycles. The molecule has 0 aliphatic carbocycles. The van der Waals surface area contributed by atoms with Crippen molar-refractivity contribution in [2.45, 2.75) is 39.0 Å². The van der Waals surface area contributed by atoms with Gasteiger partial charge in [-0.1, -0.05) is 0 Å². The second kappa shape index (κ2) is 7.09. The number of carboxylic acids is 1. The van der Waals surface area contributed by atoms with E-state index in [1.807, 2.05) is 13.8 Å². The van der Waals surface area contributed by atoms with Crippen molar-refractivity contribution in [3.05, 3.63) is 0 Å². The van der Waals surface area contributed by atoms with E-state index in [4.69, 9.17) is 9.84 Å². The summed E-state index contributed by atoms with van der Waals surface area (Å²) >= 11 is 0. The average molecular weight is 287 g/mol. The van der Waals surface area contributed by atoms with Crippen LogP contribution in [0.25, 0.3) is 0 Å². The van der Waals surface area contributed by atoms with Crippen LogP contribution in [0.2, 0.25) is 0 Å². The minimum absolute atomic E-state index is 0.0124. The Hall–Kier alpha value is -1.83. The van der Waals surface area contributed by atoms with Crippen LogP contribution in [-0.4, -0.2) is 65.8 Å². The molecule has 0 bridgehead atoms. The van der Waals surface area contributed by atoms with Crippen molar-refractivity contribution in [2.24, 2.45) is 0 Å². The second-order valence-corrected chi connectivity index (χ2v) is 4.98.